The second-order valence-corrected chi connectivity index (χ2v) is 6.36. The van der Waals surface area contributed by atoms with Gasteiger partial charge in [0.15, 0.2) is 0 Å². The summed E-state index contributed by atoms with van der Waals surface area (Å²) < 4.78 is 26.7. The monoisotopic (exact) mass is 396 g/mol. The second kappa shape index (κ2) is 9.01. The predicted octanol–water partition coefficient (Wildman–Crippen LogP) is 3.22. The zero-order chi connectivity index (χ0) is 20.8. The van der Waals surface area contributed by atoms with E-state index in [2.05, 4.69) is 15.3 Å². The number of anilines is 1. The van der Waals surface area contributed by atoms with Crippen LogP contribution < -0.4 is 10.2 Å². The molecule has 0 bridgehead atoms. The minimum absolute atomic E-state index is 0.117. The Morgan fingerprint density at radius 2 is 1.55 bits per heavy atom. The van der Waals surface area contributed by atoms with Gasteiger partial charge in [0.1, 0.15) is 0 Å². The van der Waals surface area contributed by atoms with Crippen molar-refractivity contribution in [3.63, 3.8) is 0 Å². The maximum atomic E-state index is 13.5. The van der Waals surface area contributed by atoms with Gasteiger partial charge in [-0.3, -0.25) is 9.59 Å². The van der Waals surface area contributed by atoms with E-state index in [-0.39, 0.29) is 17.7 Å². The first-order chi connectivity index (χ1) is 13.9. The van der Waals surface area contributed by atoms with Crippen LogP contribution in [0, 0.1) is 11.9 Å². The Balaban J connectivity index is 1.79. The number of para-hydroxylation sites is 1. The molecule has 0 saturated heterocycles. The van der Waals surface area contributed by atoms with Gasteiger partial charge in [-0.2, -0.15) is 8.78 Å². The molecule has 8 heteroatoms. The molecular weight excluding hydrogens is 378 g/mol. The van der Waals surface area contributed by atoms with E-state index in [1.54, 1.807) is 37.3 Å². The molecule has 1 unspecified atom stereocenters. The first kappa shape index (κ1) is 20.1. The highest BCUT2D eigenvalue weighted by atomic mass is 19.1. The van der Waals surface area contributed by atoms with Gasteiger partial charge >= 0.3 is 0 Å². The van der Waals surface area contributed by atoms with Gasteiger partial charge in [0.25, 0.3) is 11.8 Å². The molecule has 0 fully saturated rings. The van der Waals surface area contributed by atoms with Crippen molar-refractivity contribution in [2.75, 3.05) is 11.4 Å². The third kappa shape index (κ3) is 5.19. The number of hydrogen-bond acceptors (Lipinski definition) is 4. The van der Waals surface area contributed by atoms with E-state index in [0.29, 0.717) is 5.69 Å². The molecule has 1 atom stereocenters. The van der Waals surface area contributed by atoms with Crippen LogP contribution in [-0.2, 0) is 0 Å². The number of aromatic nitrogens is 2. The van der Waals surface area contributed by atoms with Gasteiger partial charge in [0.05, 0.1) is 0 Å². The van der Waals surface area contributed by atoms with Gasteiger partial charge in [-0.25, -0.2) is 9.97 Å². The first-order valence-corrected chi connectivity index (χ1v) is 8.85. The fourth-order valence-corrected chi connectivity index (χ4v) is 2.78. The van der Waals surface area contributed by atoms with Gasteiger partial charge < -0.3 is 10.2 Å². The van der Waals surface area contributed by atoms with Crippen molar-refractivity contribution in [1.29, 1.82) is 0 Å². The van der Waals surface area contributed by atoms with E-state index < -0.39 is 29.8 Å². The fraction of sp³-hybridized carbons (Fsp3) is 0.143. The Morgan fingerprint density at radius 1 is 0.966 bits per heavy atom. The second-order valence-electron chi connectivity index (χ2n) is 6.36. The predicted molar refractivity (Wildman–Crippen MR) is 103 cm³/mol. The van der Waals surface area contributed by atoms with Gasteiger partial charge in [-0.15, -0.1) is 0 Å². The van der Waals surface area contributed by atoms with Crippen molar-refractivity contribution in [3.8, 4) is 0 Å². The lowest BCUT2D eigenvalue weighted by atomic mass is 10.1. The number of halogens is 2. The van der Waals surface area contributed by atoms with Crippen LogP contribution in [0.5, 0.6) is 0 Å². The molecular formula is C21H18F2N4O2. The van der Waals surface area contributed by atoms with Crippen molar-refractivity contribution in [3.05, 3.63) is 90.0 Å². The molecule has 2 aromatic heterocycles. The maximum absolute atomic E-state index is 13.5. The van der Waals surface area contributed by atoms with Gasteiger partial charge in [0, 0.05) is 53.9 Å². The van der Waals surface area contributed by atoms with Gasteiger partial charge in [0.2, 0.25) is 11.9 Å². The Hall–Kier alpha value is -3.68. The minimum atomic E-state index is -0.759. The number of pyridine rings is 2. The van der Waals surface area contributed by atoms with Crippen molar-refractivity contribution >= 4 is 17.5 Å². The minimum Gasteiger partial charge on any atom is -0.348 e. The molecule has 2 heterocycles. The van der Waals surface area contributed by atoms with E-state index in [4.69, 9.17) is 0 Å². The Labute approximate surface area is 166 Å². The average molecular weight is 396 g/mol. The quantitative estimate of drug-likeness (QED) is 0.649. The number of carbonyl (C=O) groups excluding carboxylic acids is 2. The average Bonchev–Trinajstić information content (AvgIpc) is 2.72. The van der Waals surface area contributed by atoms with Crippen molar-refractivity contribution in [1.82, 2.24) is 15.3 Å². The third-order valence-corrected chi connectivity index (χ3v) is 4.11. The molecule has 0 aliphatic heterocycles. The number of carbonyl (C=O) groups is 2. The topological polar surface area (TPSA) is 75.2 Å². The maximum Gasteiger partial charge on any atom is 0.258 e. The van der Waals surface area contributed by atoms with Crippen molar-refractivity contribution in [2.45, 2.75) is 13.0 Å². The SMILES string of the molecule is CC(CN(C(=O)c1ccnc(F)c1)c1ccccc1)NC(=O)c1ccnc(F)c1. The highest BCUT2D eigenvalue weighted by Gasteiger charge is 2.22. The van der Waals surface area contributed by atoms with Gasteiger partial charge in [-0.05, 0) is 31.2 Å². The number of nitrogens with zero attached hydrogens (tertiary/aromatic N) is 3. The van der Waals surface area contributed by atoms with E-state index in [0.717, 1.165) is 12.1 Å². The molecule has 0 aliphatic carbocycles. The molecule has 2 amide bonds. The highest BCUT2D eigenvalue weighted by Crippen LogP contribution is 2.18. The van der Waals surface area contributed by atoms with Crippen molar-refractivity contribution < 1.29 is 18.4 Å². The van der Waals surface area contributed by atoms with Crippen LogP contribution in [0.15, 0.2) is 67.0 Å². The molecule has 1 aromatic carbocycles. The third-order valence-electron chi connectivity index (χ3n) is 4.11. The summed E-state index contributed by atoms with van der Waals surface area (Å²) in [6.07, 6.45) is 2.42. The summed E-state index contributed by atoms with van der Waals surface area (Å²) in [5.41, 5.74) is 0.847. The van der Waals surface area contributed by atoms with Crippen LogP contribution in [0.25, 0.3) is 0 Å². The van der Waals surface area contributed by atoms with E-state index in [1.807, 2.05) is 0 Å². The van der Waals surface area contributed by atoms with Crippen LogP contribution >= 0.6 is 0 Å². The molecule has 0 radical (unpaired) electrons. The van der Waals surface area contributed by atoms with E-state index >= 15 is 0 Å². The summed E-state index contributed by atoms with van der Waals surface area (Å²) in [6, 6.07) is 13.2. The van der Waals surface area contributed by atoms with Crippen LogP contribution in [0.2, 0.25) is 0 Å². The van der Waals surface area contributed by atoms with Gasteiger partial charge in [-0.1, -0.05) is 18.2 Å². The molecule has 29 heavy (non-hydrogen) atoms. The molecule has 1 N–H and O–H groups in total. The molecule has 148 valence electrons. The summed E-state index contributed by atoms with van der Waals surface area (Å²) in [5, 5.41) is 2.73. The van der Waals surface area contributed by atoms with Crippen LogP contribution in [0.3, 0.4) is 0 Å². The van der Waals surface area contributed by atoms with Crippen molar-refractivity contribution in [2.24, 2.45) is 0 Å². The Bertz CT molecular complexity index is 1010. The summed E-state index contributed by atoms with van der Waals surface area (Å²) in [5.74, 6) is -2.45. The largest absolute Gasteiger partial charge is 0.348 e. The lowest BCUT2D eigenvalue weighted by molar-refractivity contribution is 0.0927. The molecule has 3 rings (SSSR count). The zero-order valence-corrected chi connectivity index (χ0v) is 15.5. The summed E-state index contributed by atoms with van der Waals surface area (Å²) in [6.45, 7) is 1.83. The molecule has 0 spiro atoms. The summed E-state index contributed by atoms with van der Waals surface area (Å²) >= 11 is 0. The standard InChI is InChI=1S/C21H18F2N4O2/c1-14(26-20(28)15-7-9-24-18(22)11-15)13-27(17-5-3-2-4-6-17)21(29)16-8-10-25-19(23)12-16/h2-12,14H,13H2,1H3,(H,26,28). The molecule has 6 nitrogen and oxygen atoms in total. The number of hydrogen-bond donors (Lipinski definition) is 1. The number of benzene rings is 1. The molecule has 3 aromatic rings. The van der Waals surface area contributed by atoms with E-state index in [1.165, 1.54) is 29.4 Å². The lowest BCUT2D eigenvalue weighted by Gasteiger charge is -2.27. The first-order valence-electron chi connectivity index (χ1n) is 8.85. The normalized spacial score (nSPS) is 11.6. The lowest BCUT2D eigenvalue weighted by Crippen LogP contribution is -2.44. The summed E-state index contributed by atoms with van der Waals surface area (Å²) in [4.78, 5) is 33.7. The number of nitrogens with one attached hydrogen (secondary N) is 1. The van der Waals surface area contributed by atoms with Crippen LogP contribution in [-0.4, -0.2) is 34.4 Å². The van der Waals surface area contributed by atoms with E-state index in [9.17, 15) is 18.4 Å². The zero-order valence-electron chi connectivity index (χ0n) is 15.5. The number of amides is 2. The Kier molecular flexibility index (Phi) is 6.23. The smallest absolute Gasteiger partial charge is 0.258 e. The molecule has 0 aliphatic rings. The van der Waals surface area contributed by atoms with Crippen LogP contribution in [0.1, 0.15) is 27.6 Å². The van der Waals surface area contributed by atoms with Crippen LogP contribution in [0.4, 0.5) is 14.5 Å². The summed E-state index contributed by atoms with van der Waals surface area (Å²) in [7, 11) is 0. The fourth-order valence-electron chi connectivity index (χ4n) is 2.78. The number of rotatable bonds is 6. The Morgan fingerprint density at radius 3 is 2.17 bits per heavy atom. The highest BCUT2D eigenvalue weighted by molar-refractivity contribution is 6.06. The molecule has 0 saturated carbocycles.